The average Bonchev–Trinajstić information content (AvgIpc) is 2.24. The van der Waals surface area contributed by atoms with E-state index in [1.165, 1.54) is 0 Å². The standard InChI is InChI=1S/C12H19NO.CH4O3S/c1-12(2,3)13-9-11(14)10-7-5-4-6-8-10;1-5(2,3)4/h4-8,11,13-14H,9H2,1-3H3;1H3,(H,2,3,4). The van der Waals surface area contributed by atoms with Crippen LogP contribution >= 0.6 is 0 Å². The van der Waals surface area contributed by atoms with E-state index in [2.05, 4.69) is 26.1 Å². The summed E-state index contributed by atoms with van der Waals surface area (Å²) in [5.41, 5.74) is 1.01. The maximum absolute atomic E-state index is 9.82. The van der Waals surface area contributed by atoms with Gasteiger partial charge in [0.15, 0.2) is 0 Å². The highest BCUT2D eigenvalue weighted by Gasteiger charge is 2.12. The lowest BCUT2D eigenvalue weighted by atomic mass is 10.1. The highest BCUT2D eigenvalue weighted by Crippen LogP contribution is 2.12. The summed E-state index contributed by atoms with van der Waals surface area (Å²) >= 11 is 0. The van der Waals surface area contributed by atoms with Crippen molar-refractivity contribution in [2.24, 2.45) is 0 Å². The van der Waals surface area contributed by atoms with Gasteiger partial charge in [0, 0.05) is 12.1 Å². The monoisotopic (exact) mass is 289 g/mol. The van der Waals surface area contributed by atoms with E-state index in [1.54, 1.807) is 0 Å². The number of hydrogen-bond acceptors (Lipinski definition) is 4. The summed E-state index contributed by atoms with van der Waals surface area (Å²) in [5.74, 6) is 0. The van der Waals surface area contributed by atoms with Crippen molar-refractivity contribution in [3.63, 3.8) is 0 Å². The minimum atomic E-state index is -3.67. The Morgan fingerprint density at radius 2 is 1.63 bits per heavy atom. The molecular formula is C13H23NO4S. The van der Waals surface area contributed by atoms with Crippen LogP contribution in [0, 0.1) is 0 Å². The van der Waals surface area contributed by atoms with Crippen LogP contribution in [0.15, 0.2) is 30.3 Å². The lowest BCUT2D eigenvalue weighted by Crippen LogP contribution is -2.38. The maximum atomic E-state index is 9.82. The van der Waals surface area contributed by atoms with Gasteiger partial charge in [0.05, 0.1) is 12.4 Å². The third-order valence-corrected chi connectivity index (χ3v) is 2.01. The topological polar surface area (TPSA) is 86.6 Å². The summed E-state index contributed by atoms with van der Waals surface area (Å²) in [5, 5.41) is 13.1. The summed E-state index contributed by atoms with van der Waals surface area (Å²) < 4.78 is 25.9. The molecule has 1 atom stereocenters. The van der Waals surface area contributed by atoms with E-state index in [9.17, 15) is 13.5 Å². The Labute approximate surface area is 115 Å². The van der Waals surface area contributed by atoms with E-state index in [-0.39, 0.29) is 5.54 Å². The van der Waals surface area contributed by atoms with Gasteiger partial charge in [-0.1, -0.05) is 30.3 Å². The predicted molar refractivity (Wildman–Crippen MR) is 76.6 cm³/mol. The number of nitrogens with one attached hydrogen (secondary N) is 1. The fourth-order valence-corrected chi connectivity index (χ4v) is 1.20. The summed E-state index contributed by atoms with van der Waals surface area (Å²) in [6.45, 7) is 6.85. The predicted octanol–water partition coefficient (Wildman–Crippen LogP) is 1.61. The second-order valence-electron chi connectivity index (χ2n) is 5.29. The van der Waals surface area contributed by atoms with E-state index in [0.717, 1.165) is 5.56 Å². The van der Waals surface area contributed by atoms with Crippen molar-refractivity contribution in [2.45, 2.75) is 32.4 Å². The molecule has 0 heterocycles. The zero-order valence-corrected chi connectivity index (χ0v) is 12.6. The van der Waals surface area contributed by atoms with Gasteiger partial charge in [0.25, 0.3) is 10.1 Å². The summed E-state index contributed by atoms with van der Waals surface area (Å²) in [6, 6.07) is 9.71. The van der Waals surface area contributed by atoms with Gasteiger partial charge in [-0.3, -0.25) is 4.55 Å². The molecule has 0 aliphatic carbocycles. The minimum absolute atomic E-state index is 0.0513. The van der Waals surface area contributed by atoms with Gasteiger partial charge in [-0.2, -0.15) is 8.42 Å². The normalized spacial score (nSPS) is 13.4. The molecule has 0 aliphatic rings. The second-order valence-corrected chi connectivity index (χ2v) is 6.76. The number of rotatable bonds is 3. The Morgan fingerprint density at radius 1 is 1.21 bits per heavy atom. The molecule has 3 N–H and O–H groups in total. The van der Waals surface area contributed by atoms with Crippen LogP contribution in [0.4, 0.5) is 0 Å². The summed E-state index contributed by atoms with van der Waals surface area (Å²) in [6.07, 6.45) is 0.294. The van der Waals surface area contributed by atoms with Crippen LogP contribution < -0.4 is 5.32 Å². The van der Waals surface area contributed by atoms with Crippen molar-refractivity contribution in [2.75, 3.05) is 12.8 Å². The van der Waals surface area contributed by atoms with Gasteiger partial charge in [-0.25, -0.2) is 0 Å². The van der Waals surface area contributed by atoms with E-state index in [4.69, 9.17) is 4.55 Å². The molecule has 1 aromatic carbocycles. The van der Waals surface area contributed by atoms with Crippen LogP contribution in [0.5, 0.6) is 0 Å². The molecule has 110 valence electrons. The van der Waals surface area contributed by atoms with Crippen LogP contribution in [0.25, 0.3) is 0 Å². The first-order chi connectivity index (χ1) is 8.49. The smallest absolute Gasteiger partial charge is 0.261 e. The van der Waals surface area contributed by atoms with Crippen LogP contribution in [-0.4, -0.2) is 36.4 Å². The molecule has 0 amide bonds. The Hall–Kier alpha value is -0.950. The fourth-order valence-electron chi connectivity index (χ4n) is 1.20. The quantitative estimate of drug-likeness (QED) is 0.736. The molecule has 1 rings (SSSR count). The lowest BCUT2D eigenvalue weighted by molar-refractivity contribution is 0.163. The molecule has 0 spiro atoms. The molecule has 0 fully saturated rings. The molecule has 5 nitrogen and oxygen atoms in total. The van der Waals surface area contributed by atoms with Crippen LogP contribution in [0.1, 0.15) is 32.4 Å². The molecular weight excluding hydrogens is 266 g/mol. The first kappa shape index (κ1) is 18.0. The average molecular weight is 289 g/mol. The molecule has 0 saturated heterocycles. The zero-order chi connectivity index (χ0) is 15.1. The number of aliphatic hydroxyl groups is 1. The first-order valence-corrected chi connectivity index (χ1v) is 7.74. The van der Waals surface area contributed by atoms with Gasteiger partial charge in [-0.15, -0.1) is 0 Å². The number of hydrogen-bond donors (Lipinski definition) is 3. The van der Waals surface area contributed by atoms with Gasteiger partial charge in [0.1, 0.15) is 0 Å². The van der Waals surface area contributed by atoms with E-state index < -0.39 is 16.2 Å². The van der Waals surface area contributed by atoms with Crippen LogP contribution in [0.2, 0.25) is 0 Å². The molecule has 0 bridgehead atoms. The van der Waals surface area contributed by atoms with Crippen molar-refractivity contribution in [1.29, 1.82) is 0 Å². The van der Waals surface area contributed by atoms with Crippen molar-refractivity contribution in [1.82, 2.24) is 5.32 Å². The molecule has 6 heteroatoms. The van der Waals surface area contributed by atoms with Crippen LogP contribution in [-0.2, 0) is 10.1 Å². The Balaban J connectivity index is 0.000000555. The largest absolute Gasteiger partial charge is 0.387 e. The van der Waals surface area contributed by atoms with Gasteiger partial charge in [0.2, 0.25) is 0 Å². The van der Waals surface area contributed by atoms with E-state index in [1.807, 2.05) is 30.3 Å². The molecule has 0 aromatic heterocycles. The van der Waals surface area contributed by atoms with Crippen molar-refractivity contribution in [3.8, 4) is 0 Å². The first-order valence-electron chi connectivity index (χ1n) is 5.89. The summed E-state index contributed by atoms with van der Waals surface area (Å²) in [7, 11) is -3.67. The molecule has 0 saturated carbocycles. The van der Waals surface area contributed by atoms with E-state index >= 15 is 0 Å². The molecule has 0 radical (unpaired) electrons. The third-order valence-electron chi connectivity index (χ3n) is 2.01. The van der Waals surface area contributed by atoms with E-state index in [0.29, 0.717) is 12.8 Å². The third kappa shape index (κ3) is 13.3. The van der Waals surface area contributed by atoms with Gasteiger partial charge < -0.3 is 10.4 Å². The number of benzene rings is 1. The second kappa shape index (κ2) is 7.59. The van der Waals surface area contributed by atoms with Gasteiger partial charge >= 0.3 is 0 Å². The Bertz CT molecular complexity index is 443. The minimum Gasteiger partial charge on any atom is -0.387 e. The summed E-state index contributed by atoms with van der Waals surface area (Å²) in [4.78, 5) is 0. The Kier molecular flexibility index (Phi) is 7.21. The molecule has 1 aromatic rings. The van der Waals surface area contributed by atoms with Crippen LogP contribution in [0.3, 0.4) is 0 Å². The lowest BCUT2D eigenvalue weighted by Gasteiger charge is -2.23. The SMILES string of the molecule is CC(C)(C)NCC(O)c1ccccc1.CS(=O)(=O)O. The number of β-amino-alcohol motifs (C(OH)–C–C–N with tert-alkyl or cyclic N) is 1. The van der Waals surface area contributed by atoms with Crippen molar-refractivity contribution in [3.05, 3.63) is 35.9 Å². The van der Waals surface area contributed by atoms with Crippen molar-refractivity contribution < 1.29 is 18.1 Å². The zero-order valence-electron chi connectivity index (χ0n) is 11.8. The highest BCUT2D eigenvalue weighted by molar-refractivity contribution is 7.85. The van der Waals surface area contributed by atoms with Gasteiger partial charge in [-0.05, 0) is 26.3 Å². The maximum Gasteiger partial charge on any atom is 0.261 e. The van der Waals surface area contributed by atoms with Crippen molar-refractivity contribution >= 4 is 10.1 Å². The molecule has 19 heavy (non-hydrogen) atoms. The fraction of sp³-hybridized carbons (Fsp3) is 0.538. The highest BCUT2D eigenvalue weighted by atomic mass is 32.2. The molecule has 1 unspecified atom stereocenters. The number of aliphatic hydroxyl groups excluding tert-OH is 1. The molecule has 0 aliphatic heterocycles. The Morgan fingerprint density at radius 3 is 2.00 bits per heavy atom.